The van der Waals surface area contributed by atoms with Gasteiger partial charge in [0.05, 0.1) is 0 Å². The molecule has 2 aromatic carbocycles. The maximum Gasteiger partial charge on any atom is 0.222 e. The standard InChI is InChI=1S/C20H22N2O/c1-21-13-12-18-10-8-16(14-19(18)21)9-11-20(23)22(2)15-17-6-4-3-5-7-17/h3-8,10,12-14H,9,11,15H2,1-2H3. The number of fused-ring (bicyclic) bond motifs is 1. The second-order valence-corrected chi connectivity index (χ2v) is 6.06. The number of benzene rings is 2. The number of nitrogens with zero attached hydrogens (tertiary/aromatic N) is 2. The average Bonchev–Trinajstić information content (AvgIpc) is 2.94. The SMILES string of the molecule is CN(Cc1ccccc1)C(=O)CCc1ccc2ccn(C)c2c1. The van der Waals surface area contributed by atoms with Gasteiger partial charge in [0.2, 0.25) is 5.91 Å². The molecular formula is C20H22N2O. The number of amides is 1. The third kappa shape index (κ3) is 3.62. The molecule has 0 spiro atoms. The molecule has 0 radical (unpaired) electrons. The van der Waals surface area contributed by atoms with Crippen LogP contribution in [-0.2, 0) is 24.8 Å². The smallest absolute Gasteiger partial charge is 0.222 e. The molecule has 1 amide bonds. The zero-order valence-electron chi connectivity index (χ0n) is 13.7. The highest BCUT2D eigenvalue weighted by molar-refractivity contribution is 5.81. The predicted octanol–water partition coefficient (Wildman–Crippen LogP) is 3.77. The third-order valence-corrected chi connectivity index (χ3v) is 4.27. The van der Waals surface area contributed by atoms with Gasteiger partial charge in [-0.3, -0.25) is 4.79 Å². The van der Waals surface area contributed by atoms with Crippen LogP contribution in [0.15, 0.2) is 60.8 Å². The summed E-state index contributed by atoms with van der Waals surface area (Å²) in [6.07, 6.45) is 3.38. The van der Waals surface area contributed by atoms with Crippen molar-refractivity contribution in [3.05, 3.63) is 71.9 Å². The Labute approximate surface area is 137 Å². The molecule has 0 fully saturated rings. The molecule has 0 saturated carbocycles. The fraction of sp³-hybridized carbons (Fsp3) is 0.250. The summed E-state index contributed by atoms with van der Waals surface area (Å²) < 4.78 is 2.11. The van der Waals surface area contributed by atoms with Gasteiger partial charge in [0.25, 0.3) is 0 Å². The summed E-state index contributed by atoms with van der Waals surface area (Å²) in [5, 5.41) is 1.24. The van der Waals surface area contributed by atoms with Crippen LogP contribution in [0.5, 0.6) is 0 Å². The van der Waals surface area contributed by atoms with Crippen LogP contribution in [0, 0.1) is 0 Å². The zero-order valence-corrected chi connectivity index (χ0v) is 13.7. The summed E-state index contributed by atoms with van der Waals surface area (Å²) in [7, 11) is 3.92. The molecule has 3 rings (SSSR count). The summed E-state index contributed by atoms with van der Waals surface area (Å²) in [6.45, 7) is 0.663. The Bertz CT molecular complexity index is 805. The normalized spacial score (nSPS) is 10.9. The lowest BCUT2D eigenvalue weighted by Crippen LogP contribution is -2.26. The first-order chi connectivity index (χ1) is 11.1. The van der Waals surface area contributed by atoms with Crippen LogP contribution in [0.4, 0.5) is 0 Å². The minimum absolute atomic E-state index is 0.181. The second-order valence-electron chi connectivity index (χ2n) is 6.06. The van der Waals surface area contributed by atoms with Gasteiger partial charge in [-0.1, -0.05) is 42.5 Å². The van der Waals surface area contributed by atoms with Gasteiger partial charge in [-0.15, -0.1) is 0 Å². The molecule has 0 aliphatic heterocycles. The summed E-state index contributed by atoms with van der Waals surface area (Å²) in [5.74, 6) is 0.181. The molecule has 118 valence electrons. The molecule has 23 heavy (non-hydrogen) atoms. The van der Waals surface area contributed by atoms with E-state index in [1.807, 2.05) is 44.4 Å². The van der Waals surface area contributed by atoms with Crippen LogP contribution in [0.2, 0.25) is 0 Å². The summed E-state index contributed by atoms with van der Waals surface area (Å²) in [6, 6.07) is 18.6. The van der Waals surface area contributed by atoms with E-state index in [0.717, 1.165) is 12.0 Å². The number of carbonyl (C=O) groups excluding carboxylic acids is 1. The lowest BCUT2D eigenvalue weighted by atomic mass is 10.1. The molecule has 0 N–H and O–H groups in total. The maximum atomic E-state index is 12.3. The van der Waals surface area contributed by atoms with E-state index in [4.69, 9.17) is 0 Å². The van der Waals surface area contributed by atoms with Crippen molar-refractivity contribution in [3.63, 3.8) is 0 Å². The van der Waals surface area contributed by atoms with Crippen molar-refractivity contribution < 1.29 is 4.79 Å². The van der Waals surface area contributed by atoms with Gasteiger partial charge in [-0.2, -0.15) is 0 Å². The van der Waals surface area contributed by atoms with E-state index in [-0.39, 0.29) is 5.91 Å². The quantitative estimate of drug-likeness (QED) is 0.704. The first kappa shape index (κ1) is 15.3. The van der Waals surface area contributed by atoms with E-state index in [1.54, 1.807) is 4.90 Å². The van der Waals surface area contributed by atoms with E-state index < -0.39 is 0 Å². The number of aromatic nitrogens is 1. The lowest BCUT2D eigenvalue weighted by Gasteiger charge is -2.17. The summed E-state index contributed by atoms with van der Waals surface area (Å²) in [4.78, 5) is 14.1. The number of hydrogen-bond donors (Lipinski definition) is 0. The number of aryl methyl sites for hydroxylation is 2. The van der Waals surface area contributed by atoms with E-state index in [1.165, 1.54) is 16.5 Å². The molecule has 1 heterocycles. The Morgan fingerprint density at radius 2 is 1.83 bits per heavy atom. The average molecular weight is 306 g/mol. The molecule has 0 unspecified atom stereocenters. The molecule has 3 aromatic rings. The molecule has 0 aliphatic carbocycles. The third-order valence-electron chi connectivity index (χ3n) is 4.27. The summed E-state index contributed by atoms with van der Waals surface area (Å²) >= 11 is 0. The minimum atomic E-state index is 0.181. The van der Waals surface area contributed by atoms with Crippen molar-refractivity contribution in [2.24, 2.45) is 7.05 Å². The van der Waals surface area contributed by atoms with Gasteiger partial charge < -0.3 is 9.47 Å². The highest BCUT2D eigenvalue weighted by Crippen LogP contribution is 2.18. The molecule has 1 aromatic heterocycles. The number of carbonyl (C=O) groups is 1. The fourth-order valence-electron chi connectivity index (χ4n) is 2.85. The van der Waals surface area contributed by atoms with Crippen LogP contribution in [0.3, 0.4) is 0 Å². The Hall–Kier alpha value is -2.55. The monoisotopic (exact) mass is 306 g/mol. The van der Waals surface area contributed by atoms with Crippen molar-refractivity contribution in [1.82, 2.24) is 9.47 Å². The van der Waals surface area contributed by atoms with Crippen LogP contribution >= 0.6 is 0 Å². The summed E-state index contributed by atoms with van der Waals surface area (Å²) in [5.41, 5.74) is 3.59. The molecule has 0 aliphatic rings. The molecule has 0 atom stereocenters. The van der Waals surface area contributed by atoms with Gasteiger partial charge >= 0.3 is 0 Å². The molecule has 3 heteroatoms. The Balaban J connectivity index is 1.60. The van der Waals surface area contributed by atoms with Crippen molar-refractivity contribution >= 4 is 16.8 Å². The highest BCUT2D eigenvalue weighted by atomic mass is 16.2. The Morgan fingerprint density at radius 3 is 2.61 bits per heavy atom. The van der Waals surface area contributed by atoms with Crippen molar-refractivity contribution in [3.8, 4) is 0 Å². The van der Waals surface area contributed by atoms with Crippen LogP contribution in [0.25, 0.3) is 10.9 Å². The van der Waals surface area contributed by atoms with Crippen LogP contribution < -0.4 is 0 Å². The lowest BCUT2D eigenvalue weighted by molar-refractivity contribution is -0.130. The Kier molecular flexibility index (Phi) is 4.47. The van der Waals surface area contributed by atoms with Gasteiger partial charge in [0.1, 0.15) is 0 Å². The number of hydrogen-bond acceptors (Lipinski definition) is 1. The first-order valence-electron chi connectivity index (χ1n) is 7.95. The molecule has 0 bridgehead atoms. The van der Waals surface area contributed by atoms with Gasteiger partial charge in [-0.25, -0.2) is 0 Å². The Morgan fingerprint density at radius 1 is 1.04 bits per heavy atom. The van der Waals surface area contributed by atoms with Gasteiger partial charge in [-0.05, 0) is 35.1 Å². The van der Waals surface area contributed by atoms with Crippen molar-refractivity contribution in [2.45, 2.75) is 19.4 Å². The molecular weight excluding hydrogens is 284 g/mol. The maximum absolute atomic E-state index is 12.3. The predicted molar refractivity (Wildman–Crippen MR) is 94.2 cm³/mol. The zero-order chi connectivity index (χ0) is 16.2. The van der Waals surface area contributed by atoms with E-state index in [2.05, 4.69) is 35.0 Å². The van der Waals surface area contributed by atoms with Crippen LogP contribution in [0.1, 0.15) is 17.5 Å². The number of rotatable bonds is 5. The largest absolute Gasteiger partial charge is 0.351 e. The van der Waals surface area contributed by atoms with E-state index in [9.17, 15) is 4.79 Å². The fourth-order valence-corrected chi connectivity index (χ4v) is 2.85. The molecule has 3 nitrogen and oxygen atoms in total. The van der Waals surface area contributed by atoms with Crippen LogP contribution in [-0.4, -0.2) is 22.4 Å². The second kappa shape index (κ2) is 6.69. The van der Waals surface area contributed by atoms with E-state index in [0.29, 0.717) is 13.0 Å². The topological polar surface area (TPSA) is 25.2 Å². The van der Waals surface area contributed by atoms with Crippen molar-refractivity contribution in [2.75, 3.05) is 7.05 Å². The van der Waals surface area contributed by atoms with Crippen molar-refractivity contribution in [1.29, 1.82) is 0 Å². The van der Waals surface area contributed by atoms with E-state index >= 15 is 0 Å². The highest BCUT2D eigenvalue weighted by Gasteiger charge is 2.10. The first-order valence-corrected chi connectivity index (χ1v) is 7.95. The minimum Gasteiger partial charge on any atom is -0.351 e. The van der Waals surface area contributed by atoms with Gasteiger partial charge in [0.15, 0.2) is 0 Å². The molecule has 0 saturated heterocycles. The van der Waals surface area contributed by atoms with Gasteiger partial charge in [0, 0.05) is 38.8 Å².